The Morgan fingerprint density at radius 2 is 0.794 bits per heavy atom. The first-order chi connectivity index (χ1) is 16.8. The minimum atomic E-state index is 0.998. The van der Waals surface area contributed by atoms with Crippen LogP contribution < -0.4 is 9.80 Å². The third kappa shape index (κ3) is 2.60. The number of furan rings is 2. The fourth-order valence-electron chi connectivity index (χ4n) is 6.19. The Balaban J connectivity index is 1.33. The molecule has 4 heterocycles. The highest BCUT2D eigenvalue weighted by Crippen LogP contribution is 2.40. The Kier molecular flexibility index (Phi) is 3.81. The van der Waals surface area contributed by atoms with Gasteiger partial charge in [-0.15, -0.1) is 0 Å². The summed E-state index contributed by atoms with van der Waals surface area (Å²) < 4.78 is 12.8. The van der Waals surface area contributed by atoms with Crippen LogP contribution in [0.1, 0.15) is 25.7 Å². The van der Waals surface area contributed by atoms with Gasteiger partial charge in [-0.25, -0.2) is 0 Å². The monoisotopic (exact) mass is 446 g/mol. The Morgan fingerprint density at radius 1 is 0.441 bits per heavy atom. The van der Waals surface area contributed by atoms with Gasteiger partial charge in [0.15, 0.2) is 11.8 Å². The predicted molar refractivity (Wildman–Crippen MR) is 141 cm³/mol. The summed E-state index contributed by atoms with van der Waals surface area (Å²) in [6.45, 7) is 4.36. The van der Waals surface area contributed by atoms with Crippen molar-refractivity contribution in [2.45, 2.75) is 25.7 Å². The van der Waals surface area contributed by atoms with Crippen molar-refractivity contribution in [2.24, 2.45) is 0 Å². The van der Waals surface area contributed by atoms with Crippen molar-refractivity contribution in [3.05, 3.63) is 60.7 Å². The van der Waals surface area contributed by atoms with Crippen LogP contribution in [-0.2, 0) is 0 Å². The van der Waals surface area contributed by atoms with Crippen LogP contribution in [0.25, 0.3) is 54.3 Å². The molecule has 0 saturated carbocycles. The Hall–Kier alpha value is -3.66. The van der Waals surface area contributed by atoms with Crippen molar-refractivity contribution in [2.75, 3.05) is 36.0 Å². The van der Waals surface area contributed by atoms with Gasteiger partial charge in [0.1, 0.15) is 11.2 Å². The summed E-state index contributed by atoms with van der Waals surface area (Å²) in [6.07, 6.45) is 4.99. The van der Waals surface area contributed by atoms with E-state index in [4.69, 9.17) is 8.83 Å². The zero-order valence-electron chi connectivity index (χ0n) is 19.1. The van der Waals surface area contributed by atoms with E-state index in [0.29, 0.717) is 0 Å². The van der Waals surface area contributed by atoms with Gasteiger partial charge in [0.25, 0.3) is 0 Å². The summed E-state index contributed by atoms with van der Waals surface area (Å²) in [5, 5.41) is 9.74. The van der Waals surface area contributed by atoms with E-state index < -0.39 is 0 Å². The third-order valence-electron chi connectivity index (χ3n) is 7.96. The van der Waals surface area contributed by atoms with Gasteiger partial charge < -0.3 is 18.6 Å². The molecule has 0 unspecified atom stereocenters. The summed E-state index contributed by atoms with van der Waals surface area (Å²) in [5.74, 6) is 2.01. The Bertz CT molecular complexity index is 1600. The SMILES string of the molecule is c1cc2c3ccc4c(ccc5cc(N6CCCC6)oc54)c3ccc2c2oc(N3CCCC3)cc12. The largest absolute Gasteiger partial charge is 0.440 e. The molecule has 0 N–H and O–H groups in total. The average molecular weight is 447 g/mol. The van der Waals surface area contributed by atoms with Crippen LogP contribution in [0.15, 0.2) is 69.5 Å². The summed E-state index contributed by atoms with van der Waals surface area (Å²) >= 11 is 0. The van der Waals surface area contributed by atoms with Crippen LogP contribution in [-0.4, -0.2) is 26.2 Å². The summed E-state index contributed by atoms with van der Waals surface area (Å²) in [6, 6.07) is 22.3. The van der Waals surface area contributed by atoms with Crippen LogP contribution in [0, 0.1) is 0 Å². The van der Waals surface area contributed by atoms with Gasteiger partial charge in [-0.3, -0.25) is 0 Å². The zero-order valence-corrected chi connectivity index (χ0v) is 19.1. The third-order valence-corrected chi connectivity index (χ3v) is 7.96. The van der Waals surface area contributed by atoms with Crippen LogP contribution in [0.4, 0.5) is 11.8 Å². The van der Waals surface area contributed by atoms with E-state index in [2.05, 4.69) is 70.5 Å². The van der Waals surface area contributed by atoms with Gasteiger partial charge in [-0.1, -0.05) is 36.4 Å². The van der Waals surface area contributed by atoms with E-state index in [1.165, 1.54) is 68.8 Å². The maximum Gasteiger partial charge on any atom is 0.196 e. The lowest BCUT2D eigenvalue weighted by Crippen LogP contribution is -2.16. The molecule has 4 heteroatoms. The lowest BCUT2D eigenvalue weighted by molar-refractivity contribution is 0.601. The summed E-state index contributed by atoms with van der Waals surface area (Å²) in [4.78, 5) is 4.73. The van der Waals surface area contributed by atoms with Crippen LogP contribution in [0.2, 0.25) is 0 Å². The molecule has 4 nitrogen and oxygen atoms in total. The molecule has 34 heavy (non-hydrogen) atoms. The molecule has 0 atom stereocenters. The molecule has 2 aromatic heterocycles. The minimum Gasteiger partial charge on any atom is -0.440 e. The molecule has 0 spiro atoms. The van der Waals surface area contributed by atoms with E-state index in [1.807, 2.05) is 0 Å². The maximum absolute atomic E-state index is 6.42. The first-order valence-corrected chi connectivity index (χ1v) is 12.6. The standard InChI is InChI=1S/C30H26N2O2/c1-2-14-31(13-1)27-17-19-5-7-23-21-10-12-26-24(22(21)9-11-25(23)29(19)33-27)8-6-20-18-28(34-30(20)26)32-15-3-4-16-32/h5-12,17-18H,1-4,13-16H2. The molecule has 168 valence electrons. The molecule has 0 aliphatic carbocycles. The topological polar surface area (TPSA) is 32.8 Å². The van der Waals surface area contributed by atoms with Gasteiger partial charge in [0.05, 0.1) is 0 Å². The highest BCUT2D eigenvalue weighted by molar-refractivity contribution is 6.24. The quantitative estimate of drug-likeness (QED) is 0.254. The van der Waals surface area contributed by atoms with Crippen LogP contribution in [0.5, 0.6) is 0 Å². The fourth-order valence-corrected chi connectivity index (χ4v) is 6.19. The number of hydrogen-bond acceptors (Lipinski definition) is 4. The van der Waals surface area contributed by atoms with E-state index in [9.17, 15) is 0 Å². The Morgan fingerprint density at radius 3 is 1.24 bits per heavy atom. The van der Waals surface area contributed by atoms with Gasteiger partial charge in [0, 0.05) is 59.9 Å². The van der Waals surface area contributed by atoms with Gasteiger partial charge >= 0.3 is 0 Å². The van der Waals surface area contributed by atoms with Gasteiger partial charge in [-0.05, 0) is 59.4 Å². The second-order valence-corrected chi connectivity index (χ2v) is 9.94. The number of anilines is 2. The Labute approximate surface area is 197 Å². The lowest BCUT2D eigenvalue weighted by Gasteiger charge is -2.12. The van der Waals surface area contributed by atoms with Crippen molar-refractivity contribution in [1.29, 1.82) is 0 Å². The summed E-state index contributed by atoms with van der Waals surface area (Å²) in [5.41, 5.74) is 2.00. The van der Waals surface area contributed by atoms with Crippen molar-refractivity contribution in [3.63, 3.8) is 0 Å². The van der Waals surface area contributed by atoms with E-state index in [0.717, 1.165) is 49.1 Å². The zero-order chi connectivity index (χ0) is 22.2. The number of hydrogen-bond donors (Lipinski definition) is 0. The average Bonchev–Trinajstić information content (AvgIpc) is 3.68. The first kappa shape index (κ1) is 18.7. The molecule has 4 aromatic carbocycles. The first-order valence-electron chi connectivity index (χ1n) is 12.6. The number of nitrogens with zero attached hydrogens (tertiary/aromatic N) is 2. The molecule has 8 rings (SSSR count). The number of fused-ring (bicyclic) bond motifs is 9. The fraction of sp³-hybridized carbons (Fsp3) is 0.267. The molecule has 2 aliphatic heterocycles. The highest BCUT2D eigenvalue weighted by atomic mass is 16.4. The van der Waals surface area contributed by atoms with Crippen LogP contribution >= 0.6 is 0 Å². The van der Waals surface area contributed by atoms with Gasteiger partial charge in [0.2, 0.25) is 0 Å². The second-order valence-electron chi connectivity index (χ2n) is 9.94. The lowest BCUT2D eigenvalue weighted by atomic mass is 9.95. The molecule has 6 aromatic rings. The maximum atomic E-state index is 6.42. The molecular formula is C30H26N2O2. The van der Waals surface area contributed by atoms with Crippen molar-refractivity contribution < 1.29 is 8.83 Å². The molecule has 2 aliphatic rings. The van der Waals surface area contributed by atoms with E-state index in [1.54, 1.807) is 0 Å². The molecular weight excluding hydrogens is 420 g/mol. The van der Waals surface area contributed by atoms with Crippen molar-refractivity contribution >= 4 is 66.0 Å². The van der Waals surface area contributed by atoms with E-state index in [-0.39, 0.29) is 0 Å². The second kappa shape index (κ2) is 6.92. The minimum absolute atomic E-state index is 0.998. The van der Waals surface area contributed by atoms with Crippen LogP contribution in [0.3, 0.4) is 0 Å². The molecule has 0 amide bonds. The van der Waals surface area contributed by atoms with Gasteiger partial charge in [-0.2, -0.15) is 0 Å². The molecule has 2 saturated heterocycles. The molecule has 0 bridgehead atoms. The predicted octanol–water partition coefficient (Wildman–Crippen LogP) is 7.84. The molecule has 2 fully saturated rings. The van der Waals surface area contributed by atoms with Crippen molar-refractivity contribution in [3.8, 4) is 0 Å². The highest BCUT2D eigenvalue weighted by Gasteiger charge is 2.20. The summed E-state index contributed by atoms with van der Waals surface area (Å²) in [7, 11) is 0. The molecule has 0 radical (unpaired) electrons. The normalized spacial score (nSPS) is 16.9. The smallest absolute Gasteiger partial charge is 0.196 e. The van der Waals surface area contributed by atoms with Crippen molar-refractivity contribution in [1.82, 2.24) is 0 Å². The number of benzene rings is 4. The number of rotatable bonds is 2. The van der Waals surface area contributed by atoms with E-state index >= 15 is 0 Å².